The number of benzene rings is 2. The minimum atomic E-state index is -0.574. The summed E-state index contributed by atoms with van der Waals surface area (Å²) in [7, 11) is 0. The standard InChI is InChI=1S/C18H17ClN2O5/c19-14-6-11(7-15-18(14)25-5-4-24-15)8-17(23)21-12-2-1-3-13(9-12)26-10-16(20)22/h1-3,6-7,9H,4-5,8,10H2,(H2,20,22)(H,21,23). The average molecular weight is 377 g/mol. The van der Waals surface area contributed by atoms with Gasteiger partial charge in [-0.3, -0.25) is 9.59 Å². The molecule has 0 bridgehead atoms. The van der Waals surface area contributed by atoms with E-state index in [2.05, 4.69) is 5.32 Å². The molecule has 2 aromatic rings. The van der Waals surface area contributed by atoms with Crippen molar-refractivity contribution in [3.8, 4) is 17.2 Å². The summed E-state index contributed by atoms with van der Waals surface area (Å²) in [6.45, 7) is 0.658. The first-order valence-corrected chi connectivity index (χ1v) is 8.28. The first kappa shape index (κ1) is 17.9. The largest absolute Gasteiger partial charge is 0.486 e. The Hall–Kier alpha value is -2.93. The van der Waals surface area contributed by atoms with E-state index in [1.807, 2.05) is 0 Å². The van der Waals surface area contributed by atoms with Crippen LogP contribution in [0.4, 0.5) is 5.69 Å². The van der Waals surface area contributed by atoms with Gasteiger partial charge in [-0.15, -0.1) is 0 Å². The van der Waals surface area contributed by atoms with Crippen molar-refractivity contribution in [2.45, 2.75) is 6.42 Å². The zero-order valence-electron chi connectivity index (χ0n) is 13.8. The van der Waals surface area contributed by atoms with E-state index in [-0.39, 0.29) is 18.9 Å². The predicted octanol–water partition coefficient (Wildman–Crippen LogP) is 2.16. The minimum Gasteiger partial charge on any atom is -0.486 e. The number of ether oxygens (including phenoxy) is 3. The quantitative estimate of drug-likeness (QED) is 0.804. The molecule has 3 rings (SSSR count). The van der Waals surface area contributed by atoms with E-state index in [0.717, 1.165) is 0 Å². The Balaban J connectivity index is 1.65. The molecule has 0 fully saturated rings. The van der Waals surface area contributed by atoms with Crippen molar-refractivity contribution in [1.82, 2.24) is 0 Å². The fraction of sp³-hybridized carbons (Fsp3) is 0.222. The van der Waals surface area contributed by atoms with Crippen molar-refractivity contribution in [2.75, 3.05) is 25.1 Å². The topological polar surface area (TPSA) is 99.9 Å². The Kier molecular flexibility index (Phi) is 5.48. The molecule has 0 saturated carbocycles. The molecule has 2 aromatic carbocycles. The Morgan fingerprint density at radius 1 is 1.19 bits per heavy atom. The predicted molar refractivity (Wildman–Crippen MR) is 95.9 cm³/mol. The molecule has 0 radical (unpaired) electrons. The highest BCUT2D eigenvalue weighted by Crippen LogP contribution is 2.38. The maximum Gasteiger partial charge on any atom is 0.255 e. The first-order valence-electron chi connectivity index (χ1n) is 7.90. The van der Waals surface area contributed by atoms with Crippen LogP contribution in [0.15, 0.2) is 36.4 Å². The summed E-state index contributed by atoms with van der Waals surface area (Å²) in [5.41, 5.74) is 6.29. The molecule has 1 heterocycles. The van der Waals surface area contributed by atoms with Crippen LogP contribution in [0, 0.1) is 0 Å². The second kappa shape index (κ2) is 7.97. The number of nitrogens with two attached hydrogens (primary N) is 1. The zero-order chi connectivity index (χ0) is 18.5. The van der Waals surface area contributed by atoms with Gasteiger partial charge in [0.15, 0.2) is 18.1 Å². The van der Waals surface area contributed by atoms with E-state index in [9.17, 15) is 9.59 Å². The molecule has 0 spiro atoms. The third-order valence-corrected chi connectivity index (χ3v) is 3.80. The Labute approximate surface area is 155 Å². The lowest BCUT2D eigenvalue weighted by molar-refractivity contribution is -0.120. The summed E-state index contributed by atoms with van der Waals surface area (Å²) in [6.07, 6.45) is 0.114. The normalized spacial score (nSPS) is 12.3. The number of primary amides is 1. The lowest BCUT2D eigenvalue weighted by Crippen LogP contribution is -2.20. The van der Waals surface area contributed by atoms with Gasteiger partial charge in [0, 0.05) is 11.8 Å². The fourth-order valence-electron chi connectivity index (χ4n) is 2.47. The van der Waals surface area contributed by atoms with Gasteiger partial charge in [-0.2, -0.15) is 0 Å². The summed E-state index contributed by atoms with van der Waals surface area (Å²) in [5, 5.41) is 3.18. The Bertz CT molecular complexity index is 840. The maximum atomic E-state index is 12.3. The number of nitrogens with one attached hydrogen (secondary N) is 1. The third-order valence-electron chi connectivity index (χ3n) is 3.52. The van der Waals surface area contributed by atoms with Gasteiger partial charge >= 0.3 is 0 Å². The van der Waals surface area contributed by atoms with E-state index in [4.69, 9.17) is 31.5 Å². The van der Waals surface area contributed by atoms with Crippen molar-refractivity contribution < 1.29 is 23.8 Å². The van der Waals surface area contributed by atoms with Gasteiger partial charge in [0.2, 0.25) is 5.91 Å². The number of carbonyl (C=O) groups is 2. The molecule has 136 valence electrons. The summed E-state index contributed by atoms with van der Waals surface area (Å²) >= 11 is 6.18. The molecular formula is C18H17ClN2O5. The van der Waals surface area contributed by atoms with Crippen molar-refractivity contribution in [3.05, 3.63) is 47.0 Å². The lowest BCUT2D eigenvalue weighted by atomic mass is 10.1. The van der Waals surface area contributed by atoms with Crippen LogP contribution in [0.25, 0.3) is 0 Å². The van der Waals surface area contributed by atoms with Crippen molar-refractivity contribution in [3.63, 3.8) is 0 Å². The van der Waals surface area contributed by atoms with Crippen LogP contribution in [-0.2, 0) is 16.0 Å². The van der Waals surface area contributed by atoms with Crippen molar-refractivity contribution >= 4 is 29.1 Å². The maximum absolute atomic E-state index is 12.3. The van der Waals surface area contributed by atoms with Gasteiger partial charge in [0.1, 0.15) is 19.0 Å². The summed E-state index contributed by atoms with van der Waals surface area (Å²) in [5.74, 6) is 0.665. The number of halogens is 1. The molecule has 0 atom stereocenters. The molecule has 0 saturated heterocycles. The molecule has 2 amide bonds. The summed E-state index contributed by atoms with van der Waals surface area (Å²) in [6, 6.07) is 10.1. The van der Waals surface area contributed by atoms with Crippen LogP contribution in [0.2, 0.25) is 5.02 Å². The van der Waals surface area contributed by atoms with Crippen LogP contribution >= 0.6 is 11.6 Å². The zero-order valence-corrected chi connectivity index (χ0v) is 14.5. The molecule has 1 aliphatic heterocycles. The third kappa shape index (κ3) is 4.58. The van der Waals surface area contributed by atoms with Crippen LogP contribution in [0.5, 0.6) is 17.2 Å². The number of fused-ring (bicyclic) bond motifs is 1. The number of hydrogen-bond donors (Lipinski definition) is 2. The summed E-state index contributed by atoms with van der Waals surface area (Å²) in [4.78, 5) is 23.1. The Morgan fingerprint density at radius 3 is 2.81 bits per heavy atom. The molecule has 3 N–H and O–H groups in total. The first-order chi connectivity index (χ1) is 12.5. The number of hydrogen-bond acceptors (Lipinski definition) is 5. The van der Waals surface area contributed by atoms with E-state index in [1.54, 1.807) is 36.4 Å². The van der Waals surface area contributed by atoms with Crippen molar-refractivity contribution in [1.29, 1.82) is 0 Å². The molecule has 0 aliphatic carbocycles. The Morgan fingerprint density at radius 2 is 2.00 bits per heavy atom. The van der Waals surface area contributed by atoms with Crippen LogP contribution in [0.3, 0.4) is 0 Å². The smallest absolute Gasteiger partial charge is 0.255 e. The van der Waals surface area contributed by atoms with E-state index >= 15 is 0 Å². The van der Waals surface area contributed by atoms with Gasteiger partial charge in [-0.05, 0) is 29.8 Å². The molecule has 8 heteroatoms. The van der Waals surface area contributed by atoms with Gasteiger partial charge in [0.25, 0.3) is 5.91 Å². The average Bonchev–Trinajstić information content (AvgIpc) is 2.60. The molecular weight excluding hydrogens is 360 g/mol. The van der Waals surface area contributed by atoms with Gasteiger partial charge in [-0.25, -0.2) is 0 Å². The minimum absolute atomic E-state index is 0.114. The van der Waals surface area contributed by atoms with Crippen molar-refractivity contribution in [2.24, 2.45) is 5.73 Å². The van der Waals surface area contributed by atoms with E-state index in [0.29, 0.717) is 46.7 Å². The second-order valence-electron chi connectivity index (χ2n) is 5.61. The number of amides is 2. The second-order valence-corrected chi connectivity index (χ2v) is 6.02. The highest BCUT2D eigenvalue weighted by atomic mass is 35.5. The highest BCUT2D eigenvalue weighted by Gasteiger charge is 2.17. The number of carbonyl (C=O) groups excluding carboxylic acids is 2. The van der Waals surface area contributed by atoms with E-state index < -0.39 is 5.91 Å². The lowest BCUT2D eigenvalue weighted by Gasteiger charge is -2.20. The van der Waals surface area contributed by atoms with Crippen LogP contribution < -0.4 is 25.3 Å². The number of anilines is 1. The molecule has 1 aliphatic rings. The van der Waals surface area contributed by atoms with Crippen LogP contribution in [0.1, 0.15) is 5.56 Å². The van der Waals surface area contributed by atoms with E-state index in [1.165, 1.54) is 0 Å². The molecule has 0 unspecified atom stereocenters. The van der Waals surface area contributed by atoms with Gasteiger partial charge < -0.3 is 25.3 Å². The van der Waals surface area contributed by atoms with Crippen LogP contribution in [-0.4, -0.2) is 31.6 Å². The summed E-state index contributed by atoms with van der Waals surface area (Å²) < 4.78 is 16.2. The highest BCUT2D eigenvalue weighted by molar-refractivity contribution is 6.32. The number of rotatable bonds is 6. The molecule has 0 aromatic heterocycles. The van der Waals surface area contributed by atoms with Gasteiger partial charge in [-0.1, -0.05) is 17.7 Å². The monoisotopic (exact) mass is 376 g/mol. The molecule has 26 heavy (non-hydrogen) atoms. The van der Waals surface area contributed by atoms with Gasteiger partial charge in [0.05, 0.1) is 11.4 Å². The molecule has 7 nitrogen and oxygen atoms in total. The fourth-order valence-corrected chi connectivity index (χ4v) is 2.76. The SMILES string of the molecule is NC(=O)COc1cccc(NC(=O)Cc2cc(Cl)c3c(c2)OCCO3)c1.